The summed E-state index contributed by atoms with van der Waals surface area (Å²) in [6, 6.07) is 25.0. The highest BCUT2D eigenvalue weighted by molar-refractivity contribution is 5.89. The Hall–Kier alpha value is -4.01. The molecular formula is C37H44N2O6. The second-order valence-corrected chi connectivity index (χ2v) is 13.1. The lowest BCUT2D eigenvalue weighted by molar-refractivity contribution is -0.163. The first-order valence-corrected chi connectivity index (χ1v) is 15.7. The van der Waals surface area contributed by atoms with Gasteiger partial charge in [0.2, 0.25) is 5.91 Å². The topological polar surface area (TPSA) is 103 Å². The molecule has 238 valence electrons. The van der Waals surface area contributed by atoms with Crippen LogP contribution < -0.4 is 10.6 Å². The van der Waals surface area contributed by atoms with E-state index in [-0.39, 0.29) is 18.9 Å². The zero-order valence-corrected chi connectivity index (χ0v) is 26.8. The highest BCUT2D eigenvalue weighted by Crippen LogP contribution is 2.45. The summed E-state index contributed by atoms with van der Waals surface area (Å²) in [5.41, 5.74) is 3.50. The third-order valence-electron chi connectivity index (χ3n) is 8.79. The SMILES string of the molecule is CO[C@H]([C@@H](C)C(=O)N[C@@H](Cc1ccccc1)C(=O)OC(C)(C)C)[C@]1(C(=O)OCC2c3ccccc3-c3ccccc32)CCCN1. The van der Waals surface area contributed by atoms with E-state index in [1.807, 2.05) is 54.6 Å². The highest BCUT2D eigenvalue weighted by atomic mass is 16.6. The van der Waals surface area contributed by atoms with Crippen LogP contribution in [0.1, 0.15) is 63.1 Å². The van der Waals surface area contributed by atoms with Gasteiger partial charge in [0.25, 0.3) is 0 Å². The first-order valence-electron chi connectivity index (χ1n) is 15.7. The van der Waals surface area contributed by atoms with Gasteiger partial charge in [0, 0.05) is 19.4 Å². The molecule has 0 aromatic heterocycles. The average Bonchev–Trinajstić information content (AvgIpc) is 3.64. The Kier molecular flexibility index (Phi) is 9.75. The van der Waals surface area contributed by atoms with Gasteiger partial charge in [0.1, 0.15) is 23.8 Å². The molecule has 0 unspecified atom stereocenters. The van der Waals surface area contributed by atoms with Crippen molar-refractivity contribution in [3.05, 3.63) is 95.6 Å². The maximum Gasteiger partial charge on any atom is 0.329 e. The number of ether oxygens (including phenoxy) is 3. The van der Waals surface area contributed by atoms with E-state index in [9.17, 15) is 14.4 Å². The molecule has 0 saturated carbocycles. The van der Waals surface area contributed by atoms with Crippen LogP contribution in [-0.2, 0) is 35.0 Å². The maximum absolute atomic E-state index is 14.0. The molecule has 1 heterocycles. The zero-order valence-electron chi connectivity index (χ0n) is 26.8. The molecule has 2 aliphatic rings. The van der Waals surface area contributed by atoms with Crippen LogP contribution in [0.2, 0.25) is 0 Å². The molecule has 1 aliphatic heterocycles. The van der Waals surface area contributed by atoms with Gasteiger partial charge in [0.15, 0.2) is 0 Å². The van der Waals surface area contributed by atoms with Crippen LogP contribution in [0.15, 0.2) is 78.9 Å². The van der Waals surface area contributed by atoms with Crippen LogP contribution >= 0.6 is 0 Å². The van der Waals surface area contributed by atoms with Crippen LogP contribution in [0, 0.1) is 5.92 Å². The second kappa shape index (κ2) is 13.5. The Morgan fingerprint density at radius 2 is 1.53 bits per heavy atom. The molecular weight excluding hydrogens is 568 g/mol. The number of methoxy groups -OCH3 is 1. The molecule has 5 rings (SSSR count). The smallest absolute Gasteiger partial charge is 0.329 e. The van der Waals surface area contributed by atoms with Crippen molar-refractivity contribution in [1.29, 1.82) is 0 Å². The van der Waals surface area contributed by atoms with Gasteiger partial charge in [-0.3, -0.25) is 10.1 Å². The lowest BCUT2D eigenvalue weighted by Crippen LogP contribution is -2.62. The summed E-state index contributed by atoms with van der Waals surface area (Å²) >= 11 is 0. The molecule has 3 aromatic rings. The second-order valence-electron chi connectivity index (χ2n) is 13.1. The van der Waals surface area contributed by atoms with Crippen LogP contribution in [0.4, 0.5) is 0 Å². The van der Waals surface area contributed by atoms with Crippen molar-refractivity contribution < 1.29 is 28.6 Å². The molecule has 1 amide bonds. The molecule has 0 spiro atoms. The van der Waals surface area contributed by atoms with Crippen LogP contribution in [0.25, 0.3) is 11.1 Å². The lowest BCUT2D eigenvalue weighted by atomic mass is 9.82. The van der Waals surface area contributed by atoms with Gasteiger partial charge in [-0.05, 0) is 68.0 Å². The third kappa shape index (κ3) is 6.97. The lowest BCUT2D eigenvalue weighted by Gasteiger charge is -2.38. The summed E-state index contributed by atoms with van der Waals surface area (Å²) in [5, 5.41) is 6.25. The van der Waals surface area contributed by atoms with Gasteiger partial charge in [-0.1, -0.05) is 85.8 Å². The number of nitrogens with one attached hydrogen (secondary N) is 2. The predicted molar refractivity (Wildman–Crippen MR) is 173 cm³/mol. The summed E-state index contributed by atoms with van der Waals surface area (Å²) in [6.45, 7) is 7.86. The fraction of sp³-hybridized carbons (Fsp3) is 0.432. The van der Waals surface area contributed by atoms with E-state index < -0.39 is 47.0 Å². The summed E-state index contributed by atoms with van der Waals surface area (Å²) in [5.74, 6) is -2.25. The number of hydrogen-bond acceptors (Lipinski definition) is 7. The minimum atomic E-state index is -1.22. The Bertz CT molecular complexity index is 1460. The first-order chi connectivity index (χ1) is 21.5. The number of fused-ring (bicyclic) bond motifs is 3. The largest absolute Gasteiger partial charge is 0.463 e. The number of carbonyl (C=O) groups excluding carboxylic acids is 3. The van der Waals surface area contributed by atoms with E-state index in [1.165, 1.54) is 7.11 Å². The summed E-state index contributed by atoms with van der Waals surface area (Å²) in [6.07, 6.45) is 0.611. The maximum atomic E-state index is 14.0. The summed E-state index contributed by atoms with van der Waals surface area (Å²) in [7, 11) is 1.50. The van der Waals surface area contributed by atoms with Gasteiger partial charge in [0.05, 0.1) is 12.0 Å². The molecule has 1 aliphatic carbocycles. The van der Waals surface area contributed by atoms with E-state index in [2.05, 4.69) is 34.9 Å². The Morgan fingerprint density at radius 1 is 0.933 bits per heavy atom. The van der Waals surface area contributed by atoms with Crippen molar-refractivity contribution in [3.8, 4) is 11.1 Å². The molecule has 8 heteroatoms. The molecule has 1 saturated heterocycles. The number of rotatable bonds is 11. The molecule has 3 aromatic carbocycles. The molecule has 8 nitrogen and oxygen atoms in total. The normalized spacial score (nSPS) is 19.6. The Balaban J connectivity index is 1.33. The highest BCUT2D eigenvalue weighted by Gasteiger charge is 2.53. The fourth-order valence-corrected chi connectivity index (χ4v) is 6.72. The van der Waals surface area contributed by atoms with E-state index in [4.69, 9.17) is 14.2 Å². The Labute approximate surface area is 265 Å². The fourth-order valence-electron chi connectivity index (χ4n) is 6.72. The first kappa shape index (κ1) is 32.4. The summed E-state index contributed by atoms with van der Waals surface area (Å²) in [4.78, 5) is 41.1. The number of amides is 1. The van der Waals surface area contributed by atoms with Crippen molar-refractivity contribution >= 4 is 17.8 Å². The van der Waals surface area contributed by atoms with Gasteiger partial charge < -0.3 is 19.5 Å². The third-order valence-corrected chi connectivity index (χ3v) is 8.79. The average molecular weight is 613 g/mol. The number of benzene rings is 3. The van der Waals surface area contributed by atoms with Gasteiger partial charge in [-0.2, -0.15) is 0 Å². The van der Waals surface area contributed by atoms with Crippen LogP contribution in [0.3, 0.4) is 0 Å². The Morgan fingerprint density at radius 3 is 2.09 bits per heavy atom. The quantitative estimate of drug-likeness (QED) is 0.288. The molecule has 0 radical (unpaired) electrons. The van der Waals surface area contributed by atoms with E-state index in [1.54, 1.807) is 27.7 Å². The standard InChI is InChI=1S/C37H44N2O6/c1-24(33(40)39-31(34(41)45-36(2,3)4)22-25-14-7-6-8-15-25)32(43-5)37(20-13-21-38-37)35(42)44-23-30-28-18-11-9-16-26(28)27-17-10-12-19-29(27)30/h6-12,14-19,24,30-32,38H,13,20-23H2,1-5H3,(H,39,40)/t24-,31+,32-,37+/m1/s1. The molecule has 1 fully saturated rings. The van der Waals surface area contributed by atoms with Crippen molar-refractivity contribution in [1.82, 2.24) is 10.6 Å². The number of hydrogen-bond donors (Lipinski definition) is 2. The number of esters is 2. The molecule has 45 heavy (non-hydrogen) atoms. The van der Waals surface area contributed by atoms with Gasteiger partial charge in [-0.15, -0.1) is 0 Å². The molecule has 2 N–H and O–H groups in total. The molecule has 4 atom stereocenters. The van der Waals surface area contributed by atoms with Crippen molar-refractivity contribution in [2.75, 3.05) is 20.3 Å². The van der Waals surface area contributed by atoms with Gasteiger partial charge >= 0.3 is 11.9 Å². The van der Waals surface area contributed by atoms with Crippen LogP contribution in [0.5, 0.6) is 0 Å². The van der Waals surface area contributed by atoms with Crippen LogP contribution in [-0.4, -0.2) is 61.4 Å². The van der Waals surface area contributed by atoms with E-state index >= 15 is 0 Å². The minimum Gasteiger partial charge on any atom is -0.463 e. The van der Waals surface area contributed by atoms with E-state index in [0.29, 0.717) is 13.0 Å². The van der Waals surface area contributed by atoms with Crippen molar-refractivity contribution in [2.24, 2.45) is 5.92 Å². The van der Waals surface area contributed by atoms with Crippen molar-refractivity contribution in [3.63, 3.8) is 0 Å². The molecule has 0 bridgehead atoms. The van der Waals surface area contributed by atoms with Gasteiger partial charge in [-0.25, -0.2) is 9.59 Å². The number of carbonyl (C=O) groups is 3. The zero-order chi connectivity index (χ0) is 32.2. The van der Waals surface area contributed by atoms with E-state index in [0.717, 1.165) is 34.2 Å². The monoisotopic (exact) mass is 612 g/mol. The summed E-state index contributed by atoms with van der Waals surface area (Å²) < 4.78 is 17.7. The van der Waals surface area contributed by atoms with Crippen molar-refractivity contribution in [2.45, 2.75) is 76.2 Å². The minimum absolute atomic E-state index is 0.0888. The predicted octanol–water partition coefficient (Wildman–Crippen LogP) is 5.18.